The number of ether oxygens (including phenoxy) is 1. The van der Waals surface area contributed by atoms with E-state index in [9.17, 15) is 10.2 Å². The van der Waals surface area contributed by atoms with E-state index in [0.717, 1.165) is 43.0 Å². The van der Waals surface area contributed by atoms with Crippen LogP contribution in [0.1, 0.15) is 41.2 Å². The van der Waals surface area contributed by atoms with Crippen LogP contribution in [0.15, 0.2) is 42.5 Å². The van der Waals surface area contributed by atoms with Crippen molar-refractivity contribution in [3.05, 3.63) is 64.7 Å². The van der Waals surface area contributed by atoms with Crippen molar-refractivity contribution in [3.63, 3.8) is 0 Å². The number of aliphatic hydroxyl groups excluding tert-OH is 1. The van der Waals surface area contributed by atoms with E-state index in [0.29, 0.717) is 19.4 Å². The molecule has 4 heteroatoms. The predicted molar refractivity (Wildman–Crippen MR) is 101 cm³/mol. The van der Waals surface area contributed by atoms with Gasteiger partial charge in [0.2, 0.25) is 0 Å². The van der Waals surface area contributed by atoms with Crippen molar-refractivity contribution in [3.8, 4) is 5.75 Å². The number of hydrogen-bond acceptors (Lipinski definition) is 4. The molecule has 0 aromatic heterocycles. The number of β-amino-alcohol motifs (C(OH)–C–C–N with tert-alkyl or cyclic N) is 1. The number of nitrogens with zero attached hydrogens (tertiary/aromatic N) is 1. The van der Waals surface area contributed by atoms with Gasteiger partial charge in [-0.3, -0.25) is 0 Å². The van der Waals surface area contributed by atoms with Gasteiger partial charge in [0, 0.05) is 26.1 Å². The molecule has 2 aromatic rings. The fraction of sp³-hybridized carbons (Fsp3) is 0.455. The first-order valence-corrected chi connectivity index (χ1v) is 9.49. The molecule has 1 unspecified atom stereocenters. The van der Waals surface area contributed by atoms with Gasteiger partial charge in [-0.15, -0.1) is 0 Å². The third kappa shape index (κ3) is 3.50. The largest absolute Gasteiger partial charge is 0.493 e. The molecule has 2 heterocycles. The van der Waals surface area contributed by atoms with Gasteiger partial charge in [-0.1, -0.05) is 35.9 Å². The Bertz CT molecular complexity index is 781. The van der Waals surface area contributed by atoms with Crippen LogP contribution in [-0.4, -0.2) is 41.4 Å². The minimum atomic E-state index is -0.752. The summed E-state index contributed by atoms with van der Waals surface area (Å²) in [6, 6.07) is 14.2. The van der Waals surface area contributed by atoms with E-state index in [1.807, 2.05) is 24.3 Å². The van der Waals surface area contributed by atoms with Gasteiger partial charge in [-0.2, -0.15) is 0 Å². The van der Waals surface area contributed by atoms with Crippen LogP contribution in [0.2, 0.25) is 0 Å². The molecule has 2 aliphatic heterocycles. The molecule has 2 aromatic carbocycles. The van der Waals surface area contributed by atoms with Crippen LogP contribution in [-0.2, 0) is 12.0 Å². The summed E-state index contributed by atoms with van der Waals surface area (Å²) in [5.41, 5.74) is 3.58. The molecule has 26 heavy (non-hydrogen) atoms. The van der Waals surface area contributed by atoms with Crippen LogP contribution in [0.5, 0.6) is 5.75 Å². The third-order valence-electron chi connectivity index (χ3n) is 5.77. The van der Waals surface area contributed by atoms with Crippen molar-refractivity contribution in [1.29, 1.82) is 0 Å². The zero-order valence-electron chi connectivity index (χ0n) is 15.3. The van der Waals surface area contributed by atoms with Crippen LogP contribution in [0.4, 0.5) is 0 Å². The van der Waals surface area contributed by atoms with Crippen LogP contribution in [0.3, 0.4) is 0 Å². The number of aliphatic hydroxyl groups is 2. The van der Waals surface area contributed by atoms with E-state index in [-0.39, 0.29) is 0 Å². The summed E-state index contributed by atoms with van der Waals surface area (Å²) in [6.45, 7) is 4.97. The molecule has 4 rings (SSSR count). The van der Waals surface area contributed by atoms with Crippen LogP contribution < -0.4 is 4.74 Å². The standard InChI is InChI=1S/C22H27NO3/c1-16-3-2-4-19(13-16)22(25)8-10-23(11-9-22)15-20(24)17-5-6-21-18(14-17)7-12-26-21/h2-6,13-14,20,24-25H,7-12,15H2,1H3. The predicted octanol–water partition coefficient (Wildman–Crippen LogP) is 2.95. The molecule has 0 spiro atoms. The van der Waals surface area contributed by atoms with Gasteiger partial charge >= 0.3 is 0 Å². The van der Waals surface area contributed by atoms with E-state index in [4.69, 9.17) is 4.74 Å². The van der Waals surface area contributed by atoms with Gasteiger partial charge in [0.25, 0.3) is 0 Å². The number of piperidine rings is 1. The minimum Gasteiger partial charge on any atom is -0.493 e. The fourth-order valence-electron chi connectivity index (χ4n) is 4.09. The van der Waals surface area contributed by atoms with E-state index >= 15 is 0 Å². The van der Waals surface area contributed by atoms with Gasteiger partial charge in [-0.25, -0.2) is 0 Å². The van der Waals surface area contributed by atoms with Crippen LogP contribution in [0, 0.1) is 6.92 Å². The topological polar surface area (TPSA) is 52.9 Å². The molecular weight excluding hydrogens is 326 g/mol. The maximum Gasteiger partial charge on any atom is 0.122 e. The summed E-state index contributed by atoms with van der Waals surface area (Å²) in [4.78, 5) is 2.25. The Kier molecular flexibility index (Phi) is 4.74. The second-order valence-corrected chi connectivity index (χ2v) is 7.68. The van der Waals surface area contributed by atoms with Crippen molar-refractivity contribution >= 4 is 0 Å². The highest BCUT2D eigenvalue weighted by atomic mass is 16.5. The summed E-state index contributed by atoms with van der Waals surface area (Å²) in [5, 5.41) is 21.7. The molecule has 1 atom stereocenters. The first kappa shape index (κ1) is 17.5. The second-order valence-electron chi connectivity index (χ2n) is 7.68. The summed E-state index contributed by atoms with van der Waals surface area (Å²) < 4.78 is 5.54. The monoisotopic (exact) mass is 353 g/mol. The average Bonchev–Trinajstić information content (AvgIpc) is 3.11. The first-order chi connectivity index (χ1) is 12.5. The minimum absolute atomic E-state index is 0.508. The van der Waals surface area contributed by atoms with E-state index in [1.54, 1.807) is 0 Å². The lowest BCUT2D eigenvalue weighted by Gasteiger charge is -2.39. The molecule has 0 amide bonds. The fourth-order valence-corrected chi connectivity index (χ4v) is 4.09. The van der Waals surface area contributed by atoms with Crippen molar-refractivity contribution < 1.29 is 14.9 Å². The normalized spacial score (nSPS) is 20.4. The number of hydrogen-bond donors (Lipinski definition) is 2. The molecule has 2 N–H and O–H groups in total. The summed E-state index contributed by atoms with van der Waals surface area (Å²) >= 11 is 0. The summed E-state index contributed by atoms with van der Waals surface area (Å²) in [5.74, 6) is 0.946. The summed E-state index contributed by atoms with van der Waals surface area (Å²) in [7, 11) is 0. The Labute approximate surface area is 155 Å². The molecule has 1 fully saturated rings. The molecule has 1 saturated heterocycles. The molecule has 4 nitrogen and oxygen atoms in total. The van der Waals surface area contributed by atoms with Crippen molar-refractivity contribution in [2.45, 2.75) is 37.9 Å². The van der Waals surface area contributed by atoms with Gasteiger partial charge in [0.05, 0.1) is 18.3 Å². The number of rotatable bonds is 4. The van der Waals surface area contributed by atoms with Crippen molar-refractivity contribution in [1.82, 2.24) is 4.90 Å². The lowest BCUT2D eigenvalue weighted by molar-refractivity contribution is -0.0345. The number of fused-ring (bicyclic) bond motifs is 1. The molecule has 2 aliphatic rings. The van der Waals surface area contributed by atoms with Crippen LogP contribution in [0.25, 0.3) is 0 Å². The molecule has 0 saturated carbocycles. The quantitative estimate of drug-likeness (QED) is 0.887. The second kappa shape index (κ2) is 7.03. The van der Waals surface area contributed by atoms with Gasteiger partial charge in [-0.05, 0) is 48.6 Å². The lowest BCUT2D eigenvalue weighted by Crippen LogP contribution is -2.44. The van der Waals surface area contributed by atoms with E-state index in [1.165, 1.54) is 11.1 Å². The Morgan fingerprint density at radius 2 is 1.96 bits per heavy atom. The Hall–Kier alpha value is -1.88. The third-order valence-corrected chi connectivity index (χ3v) is 5.77. The Morgan fingerprint density at radius 1 is 1.15 bits per heavy atom. The Morgan fingerprint density at radius 3 is 2.73 bits per heavy atom. The molecule has 0 bridgehead atoms. The Balaban J connectivity index is 1.37. The molecule has 0 radical (unpaired) electrons. The van der Waals surface area contributed by atoms with Crippen molar-refractivity contribution in [2.75, 3.05) is 26.2 Å². The number of likely N-dealkylation sites (tertiary alicyclic amines) is 1. The van der Waals surface area contributed by atoms with Gasteiger partial charge in [0.15, 0.2) is 0 Å². The average molecular weight is 353 g/mol. The summed E-state index contributed by atoms with van der Waals surface area (Å²) in [6.07, 6.45) is 1.80. The molecule has 0 aliphatic carbocycles. The van der Waals surface area contributed by atoms with Crippen molar-refractivity contribution in [2.24, 2.45) is 0 Å². The van der Waals surface area contributed by atoms with Gasteiger partial charge in [0.1, 0.15) is 5.75 Å². The molecular formula is C22H27NO3. The number of aryl methyl sites for hydroxylation is 1. The smallest absolute Gasteiger partial charge is 0.122 e. The zero-order valence-corrected chi connectivity index (χ0v) is 15.3. The van der Waals surface area contributed by atoms with E-state index < -0.39 is 11.7 Å². The van der Waals surface area contributed by atoms with E-state index in [2.05, 4.69) is 30.0 Å². The zero-order chi connectivity index (χ0) is 18.1. The SMILES string of the molecule is Cc1cccc(C2(O)CCN(CC(O)c3ccc4c(c3)CCO4)CC2)c1. The van der Waals surface area contributed by atoms with Gasteiger partial charge < -0.3 is 19.8 Å². The van der Waals surface area contributed by atoms with Crippen LogP contribution >= 0.6 is 0 Å². The number of benzene rings is 2. The maximum absolute atomic E-state index is 11.0. The molecule has 138 valence electrons. The highest BCUT2D eigenvalue weighted by Gasteiger charge is 2.34. The highest BCUT2D eigenvalue weighted by Crippen LogP contribution is 2.34. The maximum atomic E-state index is 11.0. The first-order valence-electron chi connectivity index (χ1n) is 9.49. The highest BCUT2D eigenvalue weighted by molar-refractivity contribution is 5.40. The lowest BCUT2D eigenvalue weighted by atomic mass is 9.84.